The largest absolute Gasteiger partial charge is 0.292 e. The third kappa shape index (κ3) is 3.14. The van der Waals surface area contributed by atoms with Gasteiger partial charge >= 0.3 is 0 Å². The van der Waals surface area contributed by atoms with Gasteiger partial charge in [-0.1, -0.05) is 12.1 Å². The van der Waals surface area contributed by atoms with Crippen LogP contribution in [0.5, 0.6) is 0 Å². The van der Waals surface area contributed by atoms with Crippen molar-refractivity contribution in [1.29, 1.82) is 0 Å². The van der Waals surface area contributed by atoms with Crippen LogP contribution in [-0.2, 0) is 4.79 Å². The van der Waals surface area contributed by atoms with Crippen molar-refractivity contribution in [2.75, 3.05) is 12.0 Å². The zero-order chi connectivity index (χ0) is 12.1. The summed E-state index contributed by atoms with van der Waals surface area (Å²) in [6.45, 7) is 2.71. The molecule has 2 rings (SSSR count). The molecule has 1 aliphatic rings. The Labute approximate surface area is 99.6 Å². The van der Waals surface area contributed by atoms with Gasteiger partial charge in [0, 0.05) is 19.0 Å². The van der Waals surface area contributed by atoms with E-state index in [0.29, 0.717) is 11.4 Å². The molecule has 0 atom stereocenters. The highest BCUT2D eigenvalue weighted by atomic mass is 16.2. The van der Waals surface area contributed by atoms with Gasteiger partial charge < -0.3 is 0 Å². The number of pyridine rings is 1. The number of nitrogens with zero attached hydrogens (tertiary/aromatic N) is 2. The van der Waals surface area contributed by atoms with Crippen molar-refractivity contribution in [3.05, 3.63) is 35.5 Å². The van der Waals surface area contributed by atoms with Crippen molar-refractivity contribution in [1.82, 2.24) is 10.4 Å². The number of hydrazine groups is 1. The number of hydrogen-bond donors (Lipinski definition) is 2. The van der Waals surface area contributed by atoms with Gasteiger partial charge in [-0.3, -0.25) is 20.6 Å². The van der Waals surface area contributed by atoms with Crippen molar-refractivity contribution in [2.24, 2.45) is 4.99 Å². The van der Waals surface area contributed by atoms with E-state index >= 15 is 0 Å². The van der Waals surface area contributed by atoms with Gasteiger partial charge in [0.1, 0.15) is 5.82 Å². The number of anilines is 1. The summed E-state index contributed by atoms with van der Waals surface area (Å²) in [5, 5.41) is 0. The minimum Gasteiger partial charge on any atom is -0.292 e. The Kier molecular flexibility index (Phi) is 3.49. The van der Waals surface area contributed by atoms with Crippen molar-refractivity contribution < 1.29 is 4.79 Å². The van der Waals surface area contributed by atoms with Crippen LogP contribution in [0.1, 0.15) is 12.0 Å². The highest BCUT2D eigenvalue weighted by Crippen LogP contribution is 2.03. The predicted molar refractivity (Wildman–Crippen MR) is 66.8 cm³/mol. The lowest BCUT2D eigenvalue weighted by Gasteiger charge is -2.09. The molecule has 1 aromatic heterocycles. The van der Waals surface area contributed by atoms with Crippen molar-refractivity contribution >= 4 is 17.9 Å². The highest BCUT2D eigenvalue weighted by molar-refractivity contribution is 6.12. The Hall–Kier alpha value is -2.17. The number of nitrogens with one attached hydrogen (secondary N) is 2. The lowest BCUT2D eigenvalue weighted by molar-refractivity contribution is -0.116. The van der Waals surface area contributed by atoms with Crippen LogP contribution in [0.4, 0.5) is 5.82 Å². The number of aliphatic imine (C=N–C) groups is 1. The summed E-state index contributed by atoms with van der Waals surface area (Å²) in [6.07, 6.45) is 5.99. The minimum atomic E-state index is -0.198. The SMILES string of the molecule is Cc1ccc(NNC(=O)C2=CCCN=C2)nc1. The maximum Gasteiger partial charge on any atom is 0.270 e. The van der Waals surface area contributed by atoms with Gasteiger partial charge in [0.15, 0.2) is 0 Å². The third-order valence-electron chi connectivity index (χ3n) is 2.33. The molecule has 0 unspecified atom stereocenters. The maximum absolute atomic E-state index is 11.7. The first-order valence-corrected chi connectivity index (χ1v) is 5.45. The lowest BCUT2D eigenvalue weighted by atomic mass is 10.2. The molecule has 2 heterocycles. The van der Waals surface area contributed by atoms with Gasteiger partial charge in [-0.15, -0.1) is 0 Å². The monoisotopic (exact) mass is 230 g/mol. The quantitative estimate of drug-likeness (QED) is 0.768. The van der Waals surface area contributed by atoms with E-state index in [-0.39, 0.29) is 5.91 Å². The number of rotatable bonds is 3. The molecule has 0 radical (unpaired) electrons. The summed E-state index contributed by atoms with van der Waals surface area (Å²) >= 11 is 0. The van der Waals surface area contributed by atoms with Gasteiger partial charge in [-0.25, -0.2) is 4.98 Å². The summed E-state index contributed by atoms with van der Waals surface area (Å²) in [5.74, 6) is 0.410. The smallest absolute Gasteiger partial charge is 0.270 e. The summed E-state index contributed by atoms with van der Waals surface area (Å²) < 4.78 is 0. The number of aromatic nitrogens is 1. The average molecular weight is 230 g/mol. The molecule has 1 aromatic rings. The number of amides is 1. The number of dihydropyridines is 1. The Morgan fingerprint density at radius 2 is 2.29 bits per heavy atom. The minimum absolute atomic E-state index is 0.198. The Morgan fingerprint density at radius 1 is 1.41 bits per heavy atom. The molecule has 0 aromatic carbocycles. The molecular weight excluding hydrogens is 216 g/mol. The second-order valence-electron chi connectivity index (χ2n) is 3.78. The molecular formula is C12H14N4O. The fourth-order valence-corrected chi connectivity index (χ4v) is 1.40. The topological polar surface area (TPSA) is 66.4 Å². The van der Waals surface area contributed by atoms with Crippen LogP contribution in [0, 0.1) is 6.92 Å². The van der Waals surface area contributed by atoms with E-state index in [1.807, 2.05) is 19.1 Å². The van der Waals surface area contributed by atoms with Crippen LogP contribution in [-0.4, -0.2) is 23.7 Å². The van der Waals surface area contributed by atoms with Crippen LogP contribution < -0.4 is 10.9 Å². The summed E-state index contributed by atoms with van der Waals surface area (Å²) in [6, 6.07) is 3.72. The fraction of sp³-hybridized carbons (Fsp3) is 0.250. The van der Waals surface area contributed by atoms with E-state index in [2.05, 4.69) is 20.8 Å². The molecule has 2 N–H and O–H groups in total. The van der Waals surface area contributed by atoms with E-state index in [1.54, 1.807) is 18.5 Å². The lowest BCUT2D eigenvalue weighted by Crippen LogP contribution is -2.31. The summed E-state index contributed by atoms with van der Waals surface area (Å²) in [4.78, 5) is 19.8. The molecule has 5 nitrogen and oxygen atoms in total. The first-order valence-electron chi connectivity index (χ1n) is 5.45. The molecule has 0 fully saturated rings. The molecule has 0 bridgehead atoms. The maximum atomic E-state index is 11.7. The predicted octanol–water partition coefficient (Wildman–Crippen LogP) is 1.23. The Morgan fingerprint density at radius 3 is 2.94 bits per heavy atom. The van der Waals surface area contributed by atoms with Gasteiger partial charge in [0.05, 0.1) is 5.57 Å². The second kappa shape index (κ2) is 5.25. The summed E-state index contributed by atoms with van der Waals surface area (Å²) in [7, 11) is 0. The molecule has 0 saturated carbocycles. The van der Waals surface area contributed by atoms with Crippen LogP contribution in [0.15, 0.2) is 35.0 Å². The molecule has 88 valence electrons. The third-order valence-corrected chi connectivity index (χ3v) is 2.33. The van der Waals surface area contributed by atoms with Gasteiger partial charge in [0.25, 0.3) is 5.91 Å². The zero-order valence-electron chi connectivity index (χ0n) is 9.60. The molecule has 1 amide bonds. The van der Waals surface area contributed by atoms with Crippen molar-refractivity contribution in [2.45, 2.75) is 13.3 Å². The average Bonchev–Trinajstić information content (AvgIpc) is 2.39. The standard InChI is InChI=1S/C12H14N4O/c1-9-4-5-11(14-7-9)15-16-12(17)10-3-2-6-13-8-10/h3-5,7-8H,2,6H2,1H3,(H,14,15)(H,16,17). The Bertz CT molecular complexity index is 462. The van der Waals surface area contributed by atoms with Gasteiger partial charge in [0.2, 0.25) is 0 Å². The molecule has 0 spiro atoms. The molecule has 17 heavy (non-hydrogen) atoms. The zero-order valence-corrected chi connectivity index (χ0v) is 9.60. The van der Waals surface area contributed by atoms with Crippen LogP contribution in [0.25, 0.3) is 0 Å². The molecule has 0 saturated heterocycles. The summed E-state index contributed by atoms with van der Waals surface area (Å²) in [5.41, 5.74) is 6.99. The second-order valence-corrected chi connectivity index (χ2v) is 3.78. The first kappa shape index (κ1) is 11.3. The van der Waals surface area contributed by atoms with Gasteiger partial charge in [-0.05, 0) is 25.0 Å². The molecule has 1 aliphatic heterocycles. The van der Waals surface area contributed by atoms with Crippen LogP contribution in [0.2, 0.25) is 0 Å². The highest BCUT2D eigenvalue weighted by Gasteiger charge is 2.08. The van der Waals surface area contributed by atoms with E-state index < -0.39 is 0 Å². The number of hydrogen-bond acceptors (Lipinski definition) is 4. The number of carbonyl (C=O) groups is 1. The van der Waals surface area contributed by atoms with Crippen molar-refractivity contribution in [3.63, 3.8) is 0 Å². The molecule has 5 heteroatoms. The fourth-order valence-electron chi connectivity index (χ4n) is 1.40. The van der Waals surface area contributed by atoms with E-state index in [0.717, 1.165) is 18.5 Å². The van der Waals surface area contributed by atoms with E-state index in [1.165, 1.54) is 0 Å². The molecule has 0 aliphatic carbocycles. The van der Waals surface area contributed by atoms with E-state index in [9.17, 15) is 4.79 Å². The first-order chi connectivity index (χ1) is 8.25. The van der Waals surface area contributed by atoms with Crippen molar-refractivity contribution in [3.8, 4) is 0 Å². The van der Waals surface area contributed by atoms with Crippen LogP contribution >= 0.6 is 0 Å². The van der Waals surface area contributed by atoms with E-state index in [4.69, 9.17) is 0 Å². The Balaban J connectivity index is 1.90. The number of carbonyl (C=O) groups excluding carboxylic acids is 1. The normalized spacial score (nSPS) is 14.1. The number of aryl methyl sites for hydroxylation is 1. The van der Waals surface area contributed by atoms with Gasteiger partial charge in [-0.2, -0.15) is 0 Å². The van der Waals surface area contributed by atoms with Crippen LogP contribution in [0.3, 0.4) is 0 Å².